The molecule has 1 aliphatic carbocycles. The molecule has 0 aromatic heterocycles. The van der Waals surface area contributed by atoms with Gasteiger partial charge < -0.3 is 10.0 Å². The maximum atomic E-state index is 9.60. The van der Waals surface area contributed by atoms with Gasteiger partial charge in [-0.2, -0.15) is 0 Å². The number of rotatable bonds is 5. The average molecular weight is 296 g/mol. The third kappa shape index (κ3) is 2.90. The Kier molecular flexibility index (Phi) is 3.89. The maximum absolute atomic E-state index is 9.60. The van der Waals surface area contributed by atoms with E-state index in [0.29, 0.717) is 6.04 Å². The Morgan fingerprint density at radius 3 is 2.76 bits per heavy atom. The van der Waals surface area contributed by atoms with E-state index < -0.39 is 6.10 Å². The number of aliphatic hydroxyl groups is 1. The van der Waals surface area contributed by atoms with Crippen LogP contribution in [0.5, 0.6) is 0 Å². The smallest absolute Gasteiger partial charge is 0.0772 e. The van der Waals surface area contributed by atoms with E-state index in [2.05, 4.69) is 39.5 Å². The molecule has 17 heavy (non-hydrogen) atoms. The fourth-order valence-corrected chi connectivity index (χ4v) is 2.72. The molecular formula is C14H18BrNO. The molecule has 2 nitrogen and oxygen atoms in total. The predicted octanol–water partition coefficient (Wildman–Crippen LogP) is 3.66. The maximum Gasteiger partial charge on any atom is 0.0772 e. The van der Waals surface area contributed by atoms with Crippen molar-refractivity contribution in [2.75, 3.05) is 11.4 Å². The van der Waals surface area contributed by atoms with Gasteiger partial charge in [-0.25, -0.2) is 0 Å². The summed E-state index contributed by atoms with van der Waals surface area (Å²) in [5.74, 6) is 0. The quantitative estimate of drug-likeness (QED) is 0.838. The van der Waals surface area contributed by atoms with Crippen molar-refractivity contribution in [3.05, 3.63) is 40.9 Å². The molecule has 0 amide bonds. The molecule has 0 spiro atoms. The Balaban J connectivity index is 2.25. The summed E-state index contributed by atoms with van der Waals surface area (Å²) in [5.41, 5.74) is 2.13. The second kappa shape index (κ2) is 5.23. The topological polar surface area (TPSA) is 23.5 Å². The van der Waals surface area contributed by atoms with Crippen molar-refractivity contribution in [3.63, 3.8) is 0 Å². The number of anilines is 1. The molecule has 1 N–H and O–H groups in total. The zero-order valence-corrected chi connectivity index (χ0v) is 11.7. The van der Waals surface area contributed by atoms with Gasteiger partial charge in [0.15, 0.2) is 0 Å². The molecule has 1 saturated carbocycles. The molecule has 1 aliphatic rings. The van der Waals surface area contributed by atoms with Crippen molar-refractivity contribution in [2.24, 2.45) is 0 Å². The van der Waals surface area contributed by atoms with Crippen LogP contribution < -0.4 is 4.90 Å². The van der Waals surface area contributed by atoms with Crippen LogP contribution in [-0.2, 0) is 0 Å². The fraction of sp³-hybridized carbons (Fsp3) is 0.429. The van der Waals surface area contributed by atoms with Crippen LogP contribution in [0.25, 0.3) is 0 Å². The molecule has 92 valence electrons. The minimum atomic E-state index is -0.438. The van der Waals surface area contributed by atoms with E-state index in [1.54, 1.807) is 6.92 Å². The van der Waals surface area contributed by atoms with Gasteiger partial charge in [0.1, 0.15) is 0 Å². The van der Waals surface area contributed by atoms with Crippen molar-refractivity contribution < 1.29 is 5.11 Å². The highest BCUT2D eigenvalue weighted by molar-refractivity contribution is 9.10. The first-order valence-electron chi connectivity index (χ1n) is 5.98. The van der Waals surface area contributed by atoms with E-state index in [0.717, 1.165) is 16.6 Å². The first-order valence-corrected chi connectivity index (χ1v) is 6.78. The molecule has 0 saturated heterocycles. The highest BCUT2D eigenvalue weighted by Crippen LogP contribution is 2.34. The van der Waals surface area contributed by atoms with Crippen molar-refractivity contribution in [1.29, 1.82) is 0 Å². The highest BCUT2D eigenvalue weighted by atomic mass is 79.9. The van der Waals surface area contributed by atoms with Crippen LogP contribution in [0.1, 0.15) is 31.4 Å². The lowest BCUT2D eigenvalue weighted by Crippen LogP contribution is -2.25. The standard InChI is InChI=1S/C14H18BrNO/c1-3-8-16(11-4-5-11)12-6-7-13(10(2)17)14(15)9-12/h3,6-7,9-11,17H,1,4-5,8H2,2H3/t10-/m0/s1. The van der Waals surface area contributed by atoms with E-state index in [9.17, 15) is 5.11 Å². The third-order valence-electron chi connectivity index (χ3n) is 3.08. The van der Waals surface area contributed by atoms with E-state index in [1.165, 1.54) is 18.5 Å². The third-order valence-corrected chi connectivity index (χ3v) is 3.77. The molecule has 3 heteroatoms. The molecular weight excluding hydrogens is 278 g/mol. The van der Waals surface area contributed by atoms with Crippen LogP contribution in [0.15, 0.2) is 35.3 Å². The lowest BCUT2D eigenvalue weighted by Gasteiger charge is -2.24. The molecule has 1 aromatic carbocycles. The Bertz CT molecular complexity index is 413. The summed E-state index contributed by atoms with van der Waals surface area (Å²) in [5, 5.41) is 9.60. The summed E-state index contributed by atoms with van der Waals surface area (Å²) in [6.45, 7) is 6.47. The van der Waals surface area contributed by atoms with Gasteiger partial charge in [0.05, 0.1) is 6.10 Å². The van der Waals surface area contributed by atoms with E-state index in [1.807, 2.05) is 12.1 Å². The number of benzene rings is 1. The summed E-state index contributed by atoms with van der Waals surface area (Å²) in [7, 11) is 0. The first-order chi connectivity index (χ1) is 8.13. The van der Waals surface area contributed by atoms with Gasteiger partial charge in [-0.05, 0) is 37.5 Å². The van der Waals surface area contributed by atoms with Crippen LogP contribution in [0.3, 0.4) is 0 Å². The molecule has 0 aliphatic heterocycles. The summed E-state index contributed by atoms with van der Waals surface area (Å²) in [6, 6.07) is 6.82. The van der Waals surface area contributed by atoms with Crippen LogP contribution >= 0.6 is 15.9 Å². The summed E-state index contributed by atoms with van der Waals surface area (Å²) < 4.78 is 0.972. The van der Waals surface area contributed by atoms with Gasteiger partial charge >= 0.3 is 0 Å². The fourth-order valence-electron chi connectivity index (χ4n) is 2.02. The van der Waals surface area contributed by atoms with Crippen molar-refractivity contribution >= 4 is 21.6 Å². The van der Waals surface area contributed by atoms with Crippen molar-refractivity contribution in [2.45, 2.75) is 31.9 Å². The van der Waals surface area contributed by atoms with Crippen LogP contribution in [0.4, 0.5) is 5.69 Å². The number of nitrogens with zero attached hydrogens (tertiary/aromatic N) is 1. The molecule has 0 radical (unpaired) electrons. The number of hydrogen-bond acceptors (Lipinski definition) is 2. The minimum absolute atomic E-state index is 0.438. The zero-order chi connectivity index (χ0) is 12.4. The van der Waals surface area contributed by atoms with Crippen LogP contribution in [0, 0.1) is 0 Å². The lowest BCUT2D eigenvalue weighted by atomic mass is 10.1. The van der Waals surface area contributed by atoms with Crippen LogP contribution in [-0.4, -0.2) is 17.7 Å². The molecule has 2 rings (SSSR count). The number of aliphatic hydroxyl groups excluding tert-OH is 1. The van der Waals surface area contributed by atoms with E-state index >= 15 is 0 Å². The Hall–Kier alpha value is -0.800. The van der Waals surface area contributed by atoms with Gasteiger partial charge in [-0.1, -0.05) is 28.1 Å². The molecule has 1 aromatic rings. The Morgan fingerprint density at radius 2 is 2.29 bits per heavy atom. The average Bonchev–Trinajstić information content (AvgIpc) is 3.09. The Labute approximate surface area is 111 Å². The van der Waals surface area contributed by atoms with Gasteiger partial charge in [0, 0.05) is 22.7 Å². The van der Waals surface area contributed by atoms with Gasteiger partial charge in [0.2, 0.25) is 0 Å². The summed E-state index contributed by atoms with van der Waals surface area (Å²) in [4.78, 5) is 2.36. The van der Waals surface area contributed by atoms with Gasteiger partial charge in [-0.15, -0.1) is 6.58 Å². The monoisotopic (exact) mass is 295 g/mol. The van der Waals surface area contributed by atoms with Crippen molar-refractivity contribution in [1.82, 2.24) is 0 Å². The second-order valence-corrected chi connectivity index (χ2v) is 5.41. The predicted molar refractivity (Wildman–Crippen MR) is 75.3 cm³/mol. The molecule has 1 atom stereocenters. The van der Waals surface area contributed by atoms with Gasteiger partial charge in [-0.3, -0.25) is 0 Å². The minimum Gasteiger partial charge on any atom is -0.389 e. The zero-order valence-electron chi connectivity index (χ0n) is 10.1. The number of hydrogen-bond donors (Lipinski definition) is 1. The van der Waals surface area contributed by atoms with Gasteiger partial charge in [0.25, 0.3) is 0 Å². The highest BCUT2D eigenvalue weighted by Gasteiger charge is 2.28. The first kappa shape index (κ1) is 12.7. The lowest BCUT2D eigenvalue weighted by molar-refractivity contribution is 0.198. The Morgan fingerprint density at radius 1 is 1.59 bits per heavy atom. The summed E-state index contributed by atoms with van der Waals surface area (Å²) in [6.07, 6.45) is 4.04. The van der Waals surface area contributed by atoms with Crippen molar-refractivity contribution in [3.8, 4) is 0 Å². The molecule has 0 unspecified atom stereocenters. The largest absolute Gasteiger partial charge is 0.389 e. The van der Waals surface area contributed by atoms with E-state index in [4.69, 9.17) is 0 Å². The second-order valence-electron chi connectivity index (χ2n) is 4.55. The van der Waals surface area contributed by atoms with Crippen LogP contribution in [0.2, 0.25) is 0 Å². The normalized spacial score (nSPS) is 16.6. The number of halogens is 1. The molecule has 0 bridgehead atoms. The van der Waals surface area contributed by atoms with E-state index in [-0.39, 0.29) is 0 Å². The SMILES string of the molecule is C=CCN(c1ccc([C@H](C)O)c(Br)c1)C1CC1. The molecule has 0 heterocycles. The molecule has 1 fully saturated rings. The summed E-state index contributed by atoms with van der Waals surface area (Å²) >= 11 is 3.52.